The van der Waals surface area contributed by atoms with Crippen LogP contribution in [0.2, 0.25) is 0 Å². The summed E-state index contributed by atoms with van der Waals surface area (Å²) in [5.41, 5.74) is 2.18. The van der Waals surface area contributed by atoms with E-state index < -0.39 is 0 Å². The highest BCUT2D eigenvalue weighted by Crippen LogP contribution is 2.32. The first-order chi connectivity index (χ1) is 8.74. The van der Waals surface area contributed by atoms with Gasteiger partial charge < -0.3 is 4.42 Å². The van der Waals surface area contributed by atoms with Crippen LogP contribution in [0.1, 0.15) is 20.7 Å². The van der Waals surface area contributed by atoms with Gasteiger partial charge in [-0.2, -0.15) is 0 Å². The summed E-state index contributed by atoms with van der Waals surface area (Å²) in [4.78, 5) is 23.2. The largest absolute Gasteiger partial charge is 0.456 e. The Balaban J connectivity index is 2.19. The monoisotopic (exact) mass is 237 g/mol. The van der Waals surface area contributed by atoms with Crippen LogP contribution in [0.4, 0.5) is 0 Å². The third kappa shape index (κ3) is 1.04. The average Bonchev–Trinajstić information content (AvgIpc) is 2.86. The molecule has 1 N–H and O–H groups in total. The molecule has 0 saturated heterocycles. The molecule has 0 spiro atoms. The second-order valence-corrected chi connectivity index (χ2v) is 4.28. The highest BCUT2D eigenvalue weighted by Gasteiger charge is 2.28. The maximum absolute atomic E-state index is 11.6. The first kappa shape index (κ1) is 9.41. The molecule has 0 aliphatic carbocycles. The van der Waals surface area contributed by atoms with Crippen LogP contribution in [0, 0.1) is 0 Å². The van der Waals surface area contributed by atoms with Crippen molar-refractivity contribution in [3.63, 3.8) is 0 Å². The molecule has 2 aromatic carbocycles. The third-order valence-corrected chi connectivity index (χ3v) is 3.23. The summed E-state index contributed by atoms with van der Waals surface area (Å²) in [7, 11) is 0. The van der Waals surface area contributed by atoms with Gasteiger partial charge >= 0.3 is 0 Å². The number of benzene rings is 2. The zero-order valence-corrected chi connectivity index (χ0v) is 9.19. The molecule has 0 radical (unpaired) electrons. The number of imide groups is 1. The van der Waals surface area contributed by atoms with E-state index in [0.717, 1.165) is 16.4 Å². The van der Waals surface area contributed by atoms with E-state index in [-0.39, 0.29) is 11.8 Å². The van der Waals surface area contributed by atoms with Crippen LogP contribution in [0.25, 0.3) is 21.9 Å². The van der Waals surface area contributed by atoms with E-state index in [1.807, 2.05) is 24.3 Å². The summed E-state index contributed by atoms with van der Waals surface area (Å²) in [6.45, 7) is 0. The fourth-order valence-corrected chi connectivity index (χ4v) is 2.38. The SMILES string of the molecule is O=C1NC(=O)c2cc3c(cc21)oc1ccccc13. The van der Waals surface area contributed by atoms with Gasteiger partial charge in [0.1, 0.15) is 11.2 Å². The van der Waals surface area contributed by atoms with E-state index in [1.54, 1.807) is 12.1 Å². The molecule has 1 aliphatic rings. The van der Waals surface area contributed by atoms with Crippen molar-refractivity contribution in [2.75, 3.05) is 0 Å². The number of furan rings is 1. The van der Waals surface area contributed by atoms with Crippen molar-refractivity contribution in [3.05, 3.63) is 47.5 Å². The van der Waals surface area contributed by atoms with Crippen LogP contribution in [-0.4, -0.2) is 11.8 Å². The maximum Gasteiger partial charge on any atom is 0.259 e. The Morgan fingerprint density at radius 2 is 1.56 bits per heavy atom. The van der Waals surface area contributed by atoms with Gasteiger partial charge in [-0.1, -0.05) is 18.2 Å². The standard InChI is InChI=1S/C14H7NO3/c16-13-9-5-8-7-3-1-2-4-11(7)18-12(8)6-10(9)14(17)15-13/h1-6H,(H,15,16,17). The molecule has 1 aliphatic heterocycles. The summed E-state index contributed by atoms with van der Waals surface area (Å²) in [6.07, 6.45) is 0. The Labute approximate surface area is 101 Å². The lowest BCUT2D eigenvalue weighted by Crippen LogP contribution is -2.19. The Morgan fingerprint density at radius 3 is 2.39 bits per heavy atom. The minimum absolute atomic E-state index is 0.345. The molecule has 2 amide bonds. The summed E-state index contributed by atoms with van der Waals surface area (Å²) in [5, 5.41) is 4.08. The van der Waals surface area contributed by atoms with Gasteiger partial charge in [-0.25, -0.2) is 0 Å². The van der Waals surface area contributed by atoms with Crippen LogP contribution < -0.4 is 5.32 Å². The number of carbonyl (C=O) groups excluding carboxylic acids is 2. The van der Waals surface area contributed by atoms with Crippen molar-refractivity contribution in [1.82, 2.24) is 5.32 Å². The van der Waals surface area contributed by atoms with Gasteiger partial charge in [0.15, 0.2) is 0 Å². The molecule has 4 nitrogen and oxygen atoms in total. The van der Waals surface area contributed by atoms with E-state index in [0.29, 0.717) is 16.7 Å². The topological polar surface area (TPSA) is 59.3 Å². The van der Waals surface area contributed by atoms with Crippen LogP contribution >= 0.6 is 0 Å². The van der Waals surface area contributed by atoms with Crippen LogP contribution in [0.5, 0.6) is 0 Å². The van der Waals surface area contributed by atoms with Crippen LogP contribution in [0.3, 0.4) is 0 Å². The molecule has 0 fully saturated rings. The fourth-order valence-electron chi connectivity index (χ4n) is 2.38. The quantitative estimate of drug-likeness (QED) is 0.611. The Morgan fingerprint density at radius 1 is 0.833 bits per heavy atom. The van der Waals surface area contributed by atoms with Gasteiger partial charge in [-0.15, -0.1) is 0 Å². The number of rotatable bonds is 0. The van der Waals surface area contributed by atoms with Gasteiger partial charge in [0.2, 0.25) is 0 Å². The molecule has 4 heteroatoms. The molecular formula is C14H7NO3. The second-order valence-electron chi connectivity index (χ2n) is 4.28. The van der Waals surface area contributed by atoms with Crippen molar-refractivity contribution in [3.8, 4) is 0 Å². The normalized spacial score (nSPS) is 14.2. The van der Waals surface area contributed by atoms with E-state index in [9.17, 15) is 9.59 Å². The molecule has 2 heterocycles. The summed E-state index contributed by atoms with van der Waals surface area (Å²) >= 11 is 0. The van der Waals surface area contributed by atoms with Gasteiger partial charge in [0.05, 0.1) is 11.1 Å². The minimum atomic E-state index is -0.364. The number of hydrogen-bond acceptors (Lipinski definition) is 3. The van der Waals surface area contributed by atoms with E-state index >= 15 is 0 Å². The predicted molar refractivity (Wildman–Crippen MR) is 65.5 cm³/mol. The second kappa shape index (κ2) is 2.98. The van der Waals surface area contributed by atoms with Gasteiger partial charge in [0, 0.05) is 10.8 Å². The third-order valence-electron chi connectivity index (χ3n) is 3.23. The smallest absolute Gasteiger partial charge is 0.259 e. The Bertz CT molecular complexity index is 845. The van der Waals surface area contributed by atoms with Gasteiger partial charge in [-0.05, 0) is 18.2 Å². The molecule has 0 unspecified atom stereocenters. The predicted octanol–water partition coefficient (Wildman–Crippen LogP) is 2.47. The first-order valence-corrected chi connectivity index (χ1v) is 5.55. The zero-order chi connectivity index (χ0) is 12.3. The van der Waals surface area contributed by atoms with E-state index in [4.69, 9.17) is 4.42 Å². The molecule has 0 atom stereocenters. The Kier molecular flexibility index (Phi) is 1.56. The summed E-state index contributed by atoms with van der Waals surface area (Å²) < 4.78 is 5.67. The molecule has 0 saturated carbocycles. The highest BCUT2D eigenvalue weighted by atomic mass is 16.3. The minimum Gasteiger partial charge on any atom is -0.456 e. The van der Waals surface area contributed by atoms with Crippen molar-refractivity contribution in [1.29, 1.82) is 0 Å². The lowest BCUT2D eigenvalue weighted by molar-refractivity contribution is 0.0879. The van der Waals surface area contributed by atoms with E-state index in [2.05, 4.69) is 5.32 Å². The van der Waals surface area contributed by atoms with Crippen LogP contribution in [0.15, 0.2) is 40.8 Å². The number of para-hydroxylation sites is 1. The number of fused-ring (bicyclic) bond motifs is 4. The molecule has 1 aromatic heterocycles. The van der Waals surface area contributed by atoms with Gasteiger partial charge in [-0.3, -0.25) is 14.9 Å². The molecule has 3 aromatic rings. The van der Waals surface area contributed by atoms with Gasteiger partial charge in [0.25, 0.3) is 11.8 Å². The highest BCUT2D eigenvalue weighted by molar-refractivity contribution is 6.24. The molecular weight excluding hydrogens is 230 g/mol. The number of carbonyl (C=O) groups is 2. The van der Waals surface area contributed by atoms with Crippen molar-refractivity contribution >= 4 is 33.8 Å². The molecule has 86 valence electrons. The number of hydrogen-bond donors (Lipinski definition) is 1. The molecule has 4 rings (SSSR count). The number of amides is 2. The average molecular weight is 237 g/mol. The fraction of sp³-hybridized carbons (Fsp3) is 0. The van der Waals surface area contributed by atoms with Crippen molar-refractivity contribution in [2.45, 2.75) is 0 Å². The zero-order valence-electron chi connectivity index (χ0n) is 9.19. The lowest BCUT2D eigenvalue weighted by Gasteiger charge is -1.94. The van der Waals surface area contributed by atoms with Crippen molar-refractivity contribution < 1.29 is 14.0 Å². The summed E-state index contributed by atoms with van der Waals surface area (Å²) in [5.74, 6) is -0.709. The van der Waals surface area contributed by atoms with E-state index in [1.165, 1.54) is 0 Å². The molecule has 18 heavy (non-hydrogen) atoms. The Hall–Kier alpha value is -2.62. The first-order valence-electron chi connectivity index (χ1n) is 5.55. The lowest BCUT2D eigenvalue weighted by atomic mass is 10.1. The van der Waals surface area contributed by atoms with Crippen molar-refractivity contribution in [2.24, 2.45) is 0 Å². The maximum atomic E-state index is 11.6. The summed E-state index contributed by atoms with van der Waals surface area (Å²) in [6, 6.07) is 10.9. The van der Waals surface area contributed by atoms with Crippen LogP contribution in [-0.2, 0) is 0 Å². The number of nitrogens with one attached hydrogen (secondary N) is 1. The molecule has 0 bridgehead atoms.